The van der Waals surface area contributed by atoms with Gasteiger partial charge in [-0.2, -0.15) is 0 Å². The molecule has 0 aliphatic rings. The second-order valence-corrected chi connectivity index (χ2v) is 7.69. The molecule has 0 unspecified atom stereocenters. The Morgan fingerprint density at radius 2 is 2.20 bits per heavy atom. The molecule has 0 heterocycles. The van der Waals surface area contributed by atoms with Crippen molar-refractivity contribution in [1.82, 2.24) is 0 Å². The Hall–Kier alpha value is 0.880. The molecule has 0 saturated carbocycles. The Morgan fingerprint density at radius 1 is 1.60 bits per heavy atom. The van der Waals surface area contributed by atoms with Crippen molar-refractivity contribution in [2.75, 3.05) is 19.0 Å². The van der Waals surface area contributed by atoms with Crippen molar-refractivity contribution in [2.24, 2.45) is 0 Å². The highest BCUT2D eigenvalue weighted by atomic mass is 32.9. The quantitative estimate of drug-likeness (QED) is 0.514. The van der Waals surface area contributed by atoms with Crippen LogP contribution in [0, 0.1) is 0 Å². The minimum atomic E-state index is -3.04. The van der Waals surface area contributed by atoms with Gasteiger partial charge in [0.25, 0.3) is 0 Å². The molecule has 0 aromatic heterocycles. The average molecular weight is 202 g/mol. The van der Waals surface area contributed by atoms with Crippen LogP contribution in [0.25, 0.3) is 0 Å². The van der Waals surface area contributed by atoms with Crippen LogP contribution in [-0.4, -0.2) is 28.8 Å². The summed E-state index contributed by atoms with van der Waals surface area (Å²) in [6.07, 6.45) is 0. The molecule has 0 aromatic carbocycles. The summed E-state index contributed by atoms with van der Waals surface area (Å²) < 4.78 is 4.96. The van der Waals surface area contributed by atoms with E-state index in [2.05, 4.69) is 11.8 Å². The molecule has 0 aromatic rings. The summed E-state index contributed by atoms with van der Waals surface area (Å²) in [5.74, 6) is 0.554. The van der Waals surface area contributed by atoms with Crippen LogP contribution in [0.2, 0.25) is 0 Å². The molecule has 0 aliphatic heterocycles. The first-order valence-electron chi connectivity index (χ1n) is 2.84. The van der Waals surface area contributed by atoms with Crippen LogP contribution in [-0.2, 0) is 16.5 Å². The molecule has 6 heteroatoms. The van der Waals surface area contributed by atoms with E-state index in [-0.39, 0.29) is 0 Å². The van der Waals surface area contributed by atoms with Crippen molar-refractivity contribution < 1.29 is 14.5 Å². The summed E-state index contributed by atoms with van der Waals surface area (Å²) in [6.45, 7) is 3.07. The first-order valence-corrected chi connectivity index (χ1v) is 7.14. The standard InChI is InChI=1S/C4H11O3PS2/c1-2-7-3-4-10-8(5,6)9/h2-4H2,1H3,(H2,5,6,9). The van der Waals surface area contributed by atoms with E-state index < -0.39 is 5.69 Å². The van der Waals surface area contributed by atoms with Crippen LogP contribution in [0.1, 0.15) is 6.92 Å². The molecule has 0 spiro atoms. The minimum Gasteiger partial charge on any atom is -0.381 e. The van der Waals surface area contributed by atoms with Crippen LogP contribution >= 0.6 is 17.1 Å². The molecule has 62 valence electrons. The Labute approximate surface area is 69.7 Å². The van der Waals surface area contributed by atoms with E-state index in [0.29, 0.717) is 19.0 Å². The monoisotopic (exact) mass is 202 g/mol. The number of rotatable bonds is 5. The lowest BCUT2D eigenvalue weighted by molar-refractivity contribution is 0.164. The third-order valence-corrected chi connectivity index (χ3v) is 3.88. The van der Waals surface area contributed by atoms with Crippen LogP contribution in [0.5, 0.6) is 0 Å². The van der Waals surface area contributed by atoms with E-state index in [1.807, 2.05) is 6.92 Å². The Morgan fingerprint density at radius 3 is 2.60 bits per heavy atom. The van der Waals surface area contributed by atoms with Crippen LogP contribution < -0.4 is 0 Å². The Balaban J connectivity index is 3.13. The van der Waals surface area contributed by atoms with Gasteiger partial charge in [-0.05, 0) is 18.7 Å². The molecule has 10 heavy (non-hydrogen) atoms. The minimum absolute atomic E-state index is 0.528. The van der Waals surface area contributed by atoms with E-state index >= 15 is 0 Å². The Kier molecular flexibility index (Phi) is 6.01. The highest BCUT2D eigenvalue weighted by molar-refractivity contribution is 8.67. The molecule has 2 N–H and O–H groups in total. The maximum absolute atomic E-state index is 8.71. The van der Waals surface area contributed by atoms with Crippen molar-refractivity contribution in [3.05, 3.63) is 0 Å². The number of hydrogen-bond acceptors (Lipinski definition) is 3. The first kappa shape index (κ1) is 10.9. The van der Waals surface area contributed by atoms with Gasteiger partial charge in [-0.1, -0.05) is 11.4 Å². The molecule has 0 aliphatic carbocycles. The van der Waals surface area contributed by atoms with Crippen molar-refractivity contribution in [2.45, 2.75) is 6.92 Å². The normalized spacial score (nSPS) is 11.9. The van der Waals surface area contributed by atoms with Gasteiger partial charge >= 0.3 is 0 Å². The summed E-state index contributed by atoms with van der Waals surface area (Å²) in [6, 6.07) is 0. The zero-order chi connectivity index (χ0) is 8.04. The molecular weight excluding hydrogens is 191 g/mol. The van der Waals surface area contributed by atoms with Crippen LogP contribution in [0.15, 0.2) is 0 Å². The zero-order valence-electron chi connectivity index (χ0n) is 5.69. The molecular formula is C4H11O3PS2. The highest BCUT2D eigenvalue weighted by Crippen LogP contribution is 2.50. The van der Waals surface area contributed by atoms with Crippen molar-refractivity contribution in [3.63, 3.8) is 0 Å². The maximum Gasteiger partial charge on any atom is 0.242 e. The van der Waals surface area contributed by atoms with E-state index in [9.17, 15) is 0 Å². The number of hydrogen-bond donors (Lipinski definition) is 2. The predicted molar refractivity (Wildman–Crippen MR) is 47.7 cm³/mol. The van der Waals surface area contributed by atoms with Gasteiger partial charge in [0, 0.05) is 12.4 Å². The van der Waals surface area contributed by atoms with Gasteiger partial charge in [0.05, 0.1) is 6.61 Å². The largest absolute Gasteiger partial charge is 0.381 e. The Bertz CT molecular complexity index is 124. The van der Waals surface area contributed by atoms with Gasteiger partial charge < -0.3 is 14.5 Å². The van der Waals surface area contributed by atoms with E-state index in [1.165, 1.54) is 0 Å². The SMILES string of the molecule is CCOCCSP(O)(O)=S. The second kappa shape index (κ2) is 5.52. The average Bonchev–Trinajstić information content (AvgIpc) is 1.78. The van der Waals surface area contributed by atoms with Crippen LogP contribution in [0.4, 0.5) is 0 Å². The molecule has 3 nitrogen and oxygen atoms in total. The van der Waals surface area contributed by atoms with Gasteiger partial charge in [-0.15, -0.1) is 0 Å². The topological polar surface area (TPSA) is 49.7 Å². The summed E-state index contributed by atoms with van der Waals surface area (Å²) in [4.78, 5) is 17.4. The molecule has 0 rings (SSSR count). The molecule has 0 bridgehead atoms. The smallest absolute Gasteiger partial charge is 0.242 e. The fourth-order valence-electron chi connectivity index (χ4n) is 0.359. The fourth-order valence-corrected chi connectivity index (χ4v) is 2.40. The lowest BCUT2D eigenvalue weighted by Gasteiger charge is -2.05. The third-order valence-electron chi connectivity index (χ3n) is 0.691. The maximum atomic E-state index is 8.71. The summed E-state index contributed by atoms with van der Waals surface area (Å²) in [5, 5.41) is 0. The van der Waals surface area contributed by atoms with Gasteiger partial charge in [0.15, 0.2) is 0 Å². The highest BCUT2D eigenvalue weighted by Gasteiger charge is 2.06. The molecule has 0 amide bonds. The van der Waals surface area contributed by atoms with Gasteiger partial charge in [-0.3, -0.25) is 0 Å². The summed E-state index contributed by atoms with van der Waals surface area (Å²) in [5.41, 5.74) is -3.04. The molecule has 0 saturated heterocycles. The molecule has 0 fully saturated rings. The van der Waals surface area contributed by atoms with Crippen molar-refractivity contribution >= 4 is 28.9 Å². The lowest BCUT2D eigenvalue weighted by Crippen LogP contribution is -1.95. The second-order valence-electron chi connectivity index (χ2n) is 1.52. The van der Waals surface area contributed by atoms with Gasteiger partial charge in [0.2, 0.25) is 5.69 Å². The molecule has 0 radical (unpaired) electrons. The van der Waals surface area contributed by atoms with Crippen molar-refractivity contribution in [1.29, 1.82) is 0 Å². The summed E-state index contributed by atoms with van der Waals surface area (Å²) in [7, 11) is 0. The molecule has 0 atom stereocenters. The van der Waals surface area contributed by atoms with E-state index in [0.717, 1.165) is 11.4 Å². The summed E-state index contributed by atoms with van der Waals surface area (Å²) >= 11 is 5.35. The fraction of sp³-hybridized carbons (Fsp3) is 1.00. The number of ether oxygens (including phenoxy) is 1. The predicted octanol–water partition coefficient (Wildman–Crippen LogP) is 0.965. The van der Waals surface area contributed by atoms with Gasteiger partial charge in [-0.25, -0.2) is 0 Å². The lowest BCUT2D eigenvalue weighted by atomic mass is 10.8. The van der Waals surface area contributed by atoms with E-state index in [4.69, 9.17) is 14.5 Å². The van der Waals surface area contributed by atoms with Crippen LogP contribution in [0.3, 0.4) is 0 Å². The first-order chi connectivity index (χ1) is 4.56. The van der Waals surface area contributed by atoms with Crippen molar-refractivity contribution in [3.8, 4) is 0 Å². The van der Waals surface area contributed by atoms with Gasteiger partial charge in [0.1, 0.15) is 0 Å². The zero-order valence-corrected chi connectivity index (χ0v) is 8.22. The van der Waals surface area contributed by atoms with E-state index in [1.54, 1.807) is 0 Å². The third kappa shape index (κ3) is 8.88.